The van der Waals surface area contributed by atoms with E-state index in [1.807, 2.05) is 0 Å². The molecule has 0 radical (unpaired) electrons. The molecule has 0 aliphatic rings. The van der Waals surface area contributed by atoms with E-state index in [2.05, 4.69) is 30.5 Å². The molecule has 2 N–H and O–H groups in total. The topological polar surface area (TPSA) is 111 Å². The van der Waals surface area contributed by atoms with Crippen LogP contribution in [0.5, 0.6) is 11.6 Å². The molecular formula is C16H13FN6O3. The highest BCUT2D eigenvalue weighted by Gasteiger charge is 2.14. The van der Waals surface area contributed by atoms with Gasteiger partial charge in [-0.15, -0.1) is 5.10 Å². The third-order valence-corrected chi connectivity index (χ3v) is 3.61. The Labute approximate surface area is 146 Å². The molecule has 1 aromatic carbocycles. The molecule has 3 aromatic heterocycles. The third kappa shape index (κ3) is 2.77. The highest BCUT2D eigenvalue weighted by atomic mass is 19.1. The average molecular weight is 356 g/mol. The van der Waals surface area contributed by atoms with Gasteiger partial charge >= 0.3 is 6.01 Å². The van der Waals surface area contributed by atoms with Gasteiger partial charge in [-0.1, -0.05) is 5.10 Å². The summed E-state index contributed by atoms with van der Waals surface area (Å²) < 4.78 is 29.4. The SMILES string of the molecule is COc1ccc(-c2nnc(Nc3nc4c(OC)nccc4[nH]3)o2)cc1F. The zero-order chi connectivity index (χ0) is 18.1. The molecule has 0 atom stereocenters. The quantitative estimate of drug-likeness (QED) is 0.561. The fourth-order valence-corrected chi connectivity index (χ4v) is 2.41. The molecular weight excluding hydrogens is 343 g/mol. The van der Waals surface area contributed by atoms with Gasteiger partial charge in [0.25, 0.3) is 0 Å². The Balaban J connectivity index is 1.60. The Morgan fingerprint density at radius 2 is 2.04 bits per heavy atom. The highest BCUT2D eigenvalue weighted by Crippen LogP contribution is 2.27. The van der Waals surface area contributed by atoms with Crippen molar-refractivity contribution < 1.29 is 18.3 Å². The third-order valence-electron chi connectivity index (χ3n) is 3.61. The number of anilines is 2. The largest absolute Gasteiger partial charge is 0.494 e. The summed E-state index contributed by atoms with van der Waals surface area (Å²) in [6.45, 7) is 0. The summed E-state index contributed by atoms with van der Waals surface area (Å²) in [5, 5.41) is 10.6. The summed E-state index contributed by atoms with van der Waals surface area (Å²) in [7, 11) is 2.91. The summed E-state index contributed by atoms with van der Waals surface area (Å²) >= 11 is 0. The van der Waals surface area contributed by atoms with Crippen LogP contribution in [0, 0.1) is 5.82 Å². The van der Waals surface area contributed by atoms with Gasteiger partial charge in [0.15, 0.2) is 17.1 Å². The first-order chi connectivity index (χ1) is 12.7. The lowest BCUT2D eigenvalue weighted by Gasteiger charge is -2.01. The molecule has 0 saturated carbocycles. The van der Waals surface area contributed by atoms with E-state index < -0.39 is 5.82 Å². The first kappa shape index (κ1) is 15.8. The van der Waals surface area contributed by atoms with Crippen LogP contribution >= 0.6 is 0 Å². The minimum atomic E-state index is -0.519. The normalized spacial score (nSPS) is 10.9. The van der Waals surface area contributed by atoms with Gasteiger partial charge in [-0.05, 0) is 24.3 Å². The summed E-state index contributed by atoms with van der Waals surface area (Å²) in [6.07, 6.45) is 1.60. The number of hydrogen-bond acceptors (Lipinski definition) is 8. The van der Waals surface area contributed by atoms with E-state index in [-0.39, 0.29) is 17.7 Å². The van der Waals surface area contributed by atoms with Crippen molar-refractivity contribution in [1.29, 1.82) is 0 Å². The van der Waals surface area contributed by atoms with Crippen LogP contribution in [0.1, 0.15) is 0 Å². The predicted molar refractivity (Wildman–Crippen MR) is 90.0 cm³/mol. The molecule has 0 spiro atoms. The molecule has 0 unspecified atom stereocenters. The van der Waals surface area contributed by atoms with E-state index in [4.69, 9.17) is 13.9 Å². The molecule has 0 aliphatic carbocycles. The second-order valence-corrected chi connectivity index (χ2v) is 5.19. The molecule has 9 nitrogen and oxygen atoms in total. The van der Waals surface area contributed by atoms with E-state index in [1.54, 1.807) is 18.3 Å². The maximum atomic E-state index is 13.8. The number of methoxy groups -OCH3 is 2. The lowest BCUT2D eigenvalue weighted by atomic mass is 10.2. The lowest BCUT2D eigenvalue weighted by Crippen LogP contribution is -1.92. The molecule has 4 rings (SSSR count). The Kier molecular flexibility index (Phi) is 3.84. The van der Waals surface area contributed by atoms with Crippen molar-refractivity contribution in [1.82, 2.24) is 25.1 Å². The lowest BCUT2D eigenvalue weighted by molar-refractivity contribution is 0.386. The van der Waals surface area contributed by atoms with Crippen molar-refractivity contribution in [2.24, 2.45) is 0 Å². The second-order valence-electron chi connectivity index (χ2n) is 5.19. The number of aromatic nitrogens is 5. The highest BCUT2D eigenvalue weighted by molar-refractivity contribution is 5.82. The van der Waals surface area contributed by atoms with Crippen molar-refractivity contribution in [2.45, 2.75) is 0 Å². The van der Waals surface area contributed by atoms with Gasteiger partial charge in [0.2, 0.25) is 17.7 Å². The van der Waals surface area contributed by atoms with E-state index in [1.165, 1.54) is 26.4 Å². The van der Waals surface area contributed by atoms with Gasteiger partial charge in [-0.2, -0.15) is 0 Å². The number of fused-ring (bicyclic) bond motifs is 1. The van der Waals surface area contributed by atoms with Crippen LogP contribution in [0.25, 0.3) is 22.5 Å². The summed E-state index contributed by atoms with van der Waals surface area (Å²) in [5.41, 5.74) is 1.73. The van der Waals surface area contributed by atoms with Crippen molar-refractivity contribution in [3.63, 3.8) is 0 Å². The Bertz CT molecular complexity index is 1080. The van der Waals surface area contributed by atoms with Gasteiger partial charge in [0.1, 0.15) is 0 Å². The smallest absolute Gasteiger partial charge is 0.322 e. The number of rotatable bonds is 5. The summed E-state index contributed by atoms with van der Waals surface area (Å²) in [6, 6.07) is 6.22. The van der Waals surface area contributed by atoms with Crippen LogP contribution in [0.4, 0.5) is 16.4 Å². The molecule has 3 heterocycles. The van der Waals surface area contributed by atoms with Crippen LogP contribution in [0.3, 0.4) is 0 Å². The maximum Gasteiger partial charge on any atom is 0.322 e. The summed E-state index contributed by atoms with van der Waals surface area (Å²) in [4.78, 5) is 11.5. The zero-order valence-corrected chi connectivity index (χ0v) is 13.8. The predicted octanol–water partition coefficient (Wildman–Crippen LogP) is 2.91. The van der Waals surface area contributed by atoms with E-state index in [0.29, 0.717) is 22.9 Å². The van der Waals surface area contributed by atoms with Crippen LogP contribution in [0.15, 0.2) is 34.9 Å². The van der Waals surface area contributed by atoms with E-state index >= 15 is 0 Å². The molecule has 0 fully saturated rings. The standard InChI is InChI=1S/C16H13FN6O3/c1-24-11-4-3-8(7-9(11)17)13-22-23-16(26-13)21-15-19-10-5-6-18-14(25-2)12(10)20-15/h3-7H,1-2H3,(H2,19,20,21,23). The van der Waals surface area contributed by atoms with Crippen molar-refractivity contribution in [3.8, 4) is 23.1 Å². The van der Waals surface area contributed by atoms with Crippen LogP contribution in [-0.4, -0.2) is 39.4 Å². The number of halogens is 1. The molecule has 0 aliphatic heterocycles. The van der Waals surface area contributed by atoms with E-state index in [0.717, 1.165) is 5.52 Å². The minimum absolute atomic E-state index is 0.0993. The average Bonchev–Trinajstić information content (AvgIpc) is 3.28. The molecule has 0 bridgehead atoms. The van der Waals surface area contributed by atoms with Gasteiger partial charge in [-0.3, -0.25) is 5.32 Å². The molecule has 132 valence electrons. The van der Waals surface area contributed by atoms with Crippen molar-refractivity contribution in [2.75, 3.05) is 19.5 Å². The molecule has 0 saturated heterocycles. The number of imidazole rings is 1. The molecule has 10 heteroatoms. The van der Waals surface area contributed by atoms with Crippen LogP contribution in [-0.2, 0) is 0 Å². The molecule has 4 aromatic rings. The fraction of sp³-hybridized carbons (Fsp3) is 0.125. The second kappa shape index (κ2) is 6.31. The van der Waals surface area contributed by atoms with Gasteiger partial charge in [-0.25, -0.2) is 14.4 Å². The van der Waals surface area contributed by atoms with Crippen molar-refractivity contribution >= 4 is 23.0 Å². The number of nitrogens with one attached hydrogen (secondary N) is 2. The number of ether oxygens (including phenoxy) is 2. The first-order valence-corrected chi connectivity index (χ1v) is 7.51. The number of benzene rings is 1. The monoisotopic (exact) mass is 356 g/mol. The maximum absolute atomic E-state index is 13.8. The number of H-pyrrole nitrogens is 1. The number of aromatic amines is 1. The van der Waals surface area contributed by atoms with Crippen molar-refractivity contribution in [3.05, 3.63) is 36.3 Å². The number of pyridine rings is 1. The summed E-state index contributed by atoms with van der Waals surface area (Å²) in [5.74, 6) is 0.546. The zero-order valence-electron chi connectivity index (χ0n) is 13.8. The Morgan fingerprint density at radius 3 is 2.81 bits per heavy atom. The number of nitrogens with zero attached hydrogens (tertiary/aromatic N) is 4. The van der Waals surface area contributed by atoms with Gasteiger partial charge in [0, 0.05) is 11.8 Å². The number of hydrogen-bond donors (Lipinski definition) is 2. The molecule has 26 heavy (non-hydrogen) atoms. The Morgan fingerprint density at radius 1 is 1.15 bits per heavy atom. The van der Waals surface area contributed by atoms with Gasteiger partial charge in [0.05, 0.1) is 19.7 Å². The fourth-order valence-electron chi connectivity index (χ4n) is 2.41. The van der Waals surface area contributed by atoms with Crippen LogP contribution in [0.2, 0.25) is 0 Å². The first-order valence-electron chi connectivity index (χ1n) is 7.51. The van der Waals surface area contributed by atoms with Gasteiger partial charge < -0.3 is 18.9 Å². The van der Waals surface area contributed by atoms with Crippen LogP contribution < -0.4 is 14.8 Å². The Hall–Kier alpha value is -3.69. The molecule has 0 amide bonds. The minimum Gasteiger partial charge on any atom is -0.494 e. The van der Waals surface area contributed by atoms with E-state index in [9.17, 15) is 4.39 Å².